The van der Waals surface area contributed by atoms with E-state index in [1.54, 1.807) is 25.1 Å². The molecule has 0 unspecified atom stereocenters. The van der Waals surface area contributed by atoms with Crippen LogP contribution in [0.25, 0.3) is 10.9 Å². The molecular formula is C20H21N3O2S. The summed E-state index contributed by atoms with van der Waals surface area (Å²) in [5, 5.41) is 1.13. The minimum absolute atomic E-state index is 0.000612. The summed E-state index contributed by atoms with van der Waals surface area (Å²) in [6.07, 6.45) is 0. The Morgan fingerprint density at radius 2 is 1.85 bits per heavy atom. The van der Waals surface area contributed by atoms with Gasteiger partial charge in [-0.2, -0.15) is 0 Å². The lowest BCUT2D eigenvalue weighted by atomic mass is 10.1. The third-order valence-electron chi connectivity index (χ3n) is 4.36. The van der Waals surface area contributed by atoms with Crippen LogP contribution < -0.4 is 5.56 Å². The molecule has 0 saturated carbocycles. The minimum atomic E-state index is -0.0983. The largest absolute Gasteiger partial charge is 0.341 e. The molecule has 134 valence electrons. The van der Waals surface area contributed by atoms with E-state index in [0.29, 0.717) is 22.6 Å². The summed E-state index contributed by atoms with van der Waals surface area (Å²) in [5.74, 6) is 0.238. The highest BCUT2D eigenvalue weighted by Crippen LogP contribution is 2.18. The van der Waals surface area contributed by atoms with Gasteiger partial charge in [0.05, 0.1) is 16.7 Å². The monoisotopic (exact) mass is 367 g/mol. The lowest BCUT2D eigenvalue weighted by Gasteiger charge is -2.18. The number of aryl methyl sites for hydroxylation is 1. The van der Waals surface area contributed by atoms with Gasteiger partial charge in [0, 0.05) is 20.6 Å². The third-order valence-corrected chi connectivity index (χ3v) is 5.38. The van der Waals surface area contributed by atoms with Crippen LogP contribution in [0, 0.1) is 6.92 Å². The number of nitrogens with zero attached hydrogens (tertiary/aromatic N) is 3. The second-order valence-electron chi connectivity index (χ2n) is 6.24. The van der Waals surface area contributed by atoms with Crippen LogP contribution in [0.5, 0.6) is 0 Å². The van der Waals surface area contributed by atoms with Gasteiger partial charge in [-0.05, 0) is 30.2 Å². The molecule has 1 heterocycles. The summed E-state index contributed by atoms with van der Waals surface area (Å²) in [7, 11) is 3.48. The first-order valence-electron chi connectivity index (χ1n) is 8.34. The normalized spacial score (nSPS) is 10.9. The van der Waals surface area contributed by atoms with Crippen molar-refractivity contribution in [3.63, 3.8) is 0 Å². The Morgan fingerprint density at radius 1 is 1.15 bits per heavy atom. The Hall–Kier alpha value is -2.60. The molecule has 0 fully saturated rings. The maximum absolute atomic E-state index is 12.5. The zero-order chi connectivity index (χ0) is 18.7. The summed E-state index contributed by atoms with van der Waals surface area (Å²) < 4.78 is 1.50. The van der Waals surface area contributed by atoms with E-state index in [0.717, 1.165) is 5.56 Å². The number of aromatic nitrogens is 2. The number of thioether (sulfide) groups is 1. The molecule has 26 heavy (non-hydrogen) atoms. The number of hydrogen-bond acceptors (Lipinski definition) is 4. The maximum atomic E-state index is 12.5. The van der Waals surface area contributed by atoms with Gasteiger partial charge in [0.1, 0.15) is 0 Å². The fourth-order valence-corrected chi connectivity index (χ4v) is 3.61. The smallest absolute Gasteiger partial charge is 0.261 e. The second kappa shape index (κ2) is 7.74. The van der Waals surface area contributed by atoms with E-state index in [2.05, 4.69) is 4.98 Å². The van der Waals surface area contributed by atoms with Crippen LogP contribution in [0.2, 0.25) is 0 Å². The minimum Gasteiger partial charge on any atom is -0.341 e. The Bertz CT molecular complexity index is 1010. The molecule has 6 heteroatoms. The van der Waals surface area contributed by atoms with E-state index in [9.17, 15) is 9.59 Å². The highest BCUT2D eigenvalue weighted by Gasteiger charge is 2.14. The number of carbonyl (C=O) groups is 1. The predicted octanol–water partition coefficient (Wildman–Crippen LogP) is 2.99. The molecule has 0 N–H and O–H groups in total. The van der Waals surface area contributed by atoms with Crippen molar-refractivity contribution in [1.29, 1.82) is 0 Å². The van der Waals surface area contributed by atoms with E-state index in [-0.39, 0.29) is 17.2 Å². The van der Waals surface area contributed by atoms with Crippen LogP contribution in [0.4, 0.5) is 0 Å². The van der Waals surface area contributed by atoms with Gasteiger partial charge < -0.3 is 4.90 Å². The van der Waals surface area contributed by atoms with E-state index >= 15 is 0 Å². The standard InChI is InChI=1S/C20H21N3O2S/c1-14-8-4-5-9-15(14)12-22(2)18(24)13-26-20-21-17-11-7-6-10-16(17)19(25)23(20)3/h4-11H,12-13H2,1-3H3. The Morgan fingerprint density at radius 3 is 2.62 bits per heavy atom. The van der Waals surface area contributed by atoms with E-state index < -0.39 is 0 Å². The van der Waals surface area contributed by atoms with Crippen molar-refractivity contribution in [1.82, 2.24) is 14.5 Å². The molecule has 0 saturated heterocycles. The molecule has 0 aliphatic carbocycles. The number of amides is 1. The summed E-state index contributed by atoms with van der Waals surface area (Å²) >= 11 is 1.29. The van der Waals surface area contributed by atoms with Gasteiger partial charge in [0.25, 0.3) is 5.56 Å². The fourth-order valence-electron chi connectivity index (χ4n) is 2.69. The van der Waals surface area contributed by atoms with Crippen molar-refractivity contribution >= 4 is 28.6 Å². The SMILES string of the molecule is Cc1ccccc1CN(C)C(=O)CSc1nc2ccccc2c(=O)n1C. The highest BCUT2D eigenvalue weighted by atomic mass is 32.2. The lowest BCUT2D eigenvalue weighted by molar-refractivity contribution is -0.127. The van der Waals surface area contributed by atoms with Gasteiger partial charge in [0.15, 0.2) is 5.16 Å². The zero-order valence-corrected chi connectivity index (χ0v) is 15.9. The van der Waals surface area contributed by atoms with Crippen molar-refractivity contribution in [3.8, 4) is 0 Å². The summed E-state index contributed by atoms with van der Waals surface area (Å²) in [6, 6.07) is 15.3. The van der Waals surface area contributed by atoms with Crippen molar-refractivity contribution in [2.45, 2.75) is 18.6 Å². The van der Waals surface area contributed by atoms with Crippen LogP contribution in [0.1, 0.15) is 11.1 Å². The van der Waals surface area contributed by atoms with Crippen LogP contribution in [0.3, 0.4) is 0 Å². The summed E-state index contributed by atoms with van der Waals surface area (Å²) in [5.41, 5.74) is 2.85. The number of para-hydroxylation sites is 1. The van der Waals surface area contributed by atoms with Gasteiger partial charge in [-0.1, -0.05) is 48.2 Å². The number of rotatable bonds is 5. The van der Waals surface area contributed by atoms with Crippen molar-refractivity contribution in [3.05, 3.63) is 70.0 Å². The molecule has 3 rings (SSSR count). The quantitative estimate of drug-likeness (QED) is 0.514. The molecule has 0 atom stereocenters. The molecule has 0 aliphatic heterocycles. The van der Waals surface area contributed by atoms with Gasteiger partial charge in [0.2, 0.25) is 5.91 Å². The van der Waals surface area contributed by atoms with Gasteiger partial charge in [-0.15, -0.1) is 0 Å². The van der Waals surface area contributed by atoms with Crippen LogP contribution in [0.15, 0.2) is 58.5 Å². The predicted molar refractivity (Wildman–Crippen MR) is 105 cm³/mol. The molecule has 1 aromatic heterocycles. The van der Waals surface area contributed by atoms with Crippen molar-refractivity contribution < 1.29 is 4.79 Å². The van der Waals surface area contributed by atoms with Crippen molar-refractivity contribution in [2.24, 2.45) is 7.05 Å². The molecule has 5 nitrogen and oxygen atoms in total. The number of fused-ring (bicyclic) bond motifs is 1. The lowest BCUT2D eigenvalue weighted by Crippen LogP contribution is -2.28. The maximum Gasteiger partial charge on any atom is 0.261 e. The fraction of sp³-hybridized carbons (Fsp3) is 0.250. The summed E-state index contributed by atoms with van der Waals surface area (Å²) in [6.45, 7) is 2.60. The Kier molecular flexibility index (Phi) is 5.42. The summed E-state index contributed by atoms with van der Waals surface area (Å²) in [4.78, 5) is 31.1. The third kappa shape index (κ3) is 3.80. The van der Waals surface area contributed by atoms with Gasteiger partial charge in [-0.3, -0.25) is 14.2 Å². The molecule has 1 amide bonds. The molecule has 0 aliphatic rings. The second-order valence-corrected chi connectivity index (χ2v) is 7.18. The first kappa shape index (κ1) is 18.2. The molecular weight excluding hydrogens is 346 g/mol. The van der Waals surface area contributed by atoms with Crippen LogP contribution in [-0.2, 0) is 18.4 Å². The first-order valence-corrected chi connectivity index (χ1v) is 9.33. The van der Waals surface area contributed by atoms with Gasteiger partial charge in [-0.25, -0.2) is 4.98 Å². The Labute approximate surface area is 156 Å². The highest BCUT2D eigenvalue weighted by molar-refractivity contribution is 7.99. The topological polar surface area (TPSA) is 55.2 Å². The van der Waals surface area contributed by atoms with E-state index in [4.69, 9.17) is 0 Å². The average Bonchev–Trinajstić information content (AvgIpc) is 2.65. The molecule has 2 aromatic carbocycles. The molecule has 0 bridgehead atoms. The van der Waals surface area contributed by atoms with Crippen molar-refractivity contribution in [2.75, 3.05) is 12.8 Å². The Balaban J connectivity index is 1.71. The zero-order valence-electron chi connectivity index (χ0n) is 15.1. The number of hydrogen-bond donors (Lipinski definition) is 0. The van der Waals surface area contributed by atoms with Gasteiger partial charge >= 0.3 is 0 Å². The molecule has 0 spiro atoms. The van der Waals surface area contributed by atoms with Crippen LogP contribution in [-0.4, -0.2) is 33.2 Å². The molecule has 3 aromatic rings. The first-order chi connectivity index (χ1) is 12.5. The molecule has 0 radical (unpaired) electrons. The average molecular weight is 367 g/mol. The van der Waals surface area contributed by atoms with E-state index in [1.807, 2.05) is 49.4 Å². The number of carbonyl (C=O) groups excluding carboxylic acids is 1. The van der Waals surface area contributed by atoms with Crippen LogP contribution >= 0.6 is 11.8 Å². The number of benzene rings is 2. The van der Waals surface area contributed by atoms with E-state index in [1.165, 1.54) is 21.9 Å².